The van der Waals surface area contributed by atoms with Crippen molar-refractivity contribution in [2.45, 2.75) is 25.9 Å². The minimum Gasteiger partial charge on any atom is -0.496 e. The molecule has 0 aliphatic rings. The largest absolute Gasteiger partial charge is 0.496 e. The number of aryl methyl sites for hydroxylation is 1. The summed E-state index contributed by atoms with van der Waals surface area (Å²) in [6.45, 7) is 2.32. The lowest BCUT2D eigenvalue weighted by atomic mass is 10.1. The minimum absolute atomic E-state index is 0.228. The molecule has 2 aromatic carbocycles. The highest BCUT2D eigenvalue weighted by Gasteiger charge is 2.22. The topological polar surface area (TPSA) is 67.4 Å². The summed E-state index contributed by atoms with van der Waals surface area (Å²) in [6, 6.07) is 11.9. The van der Waals surface area contributed by atoms with E-state index in [0.29, 0.717) is 23.6 Å². The van der Waals surface area contributed by atoms with Crippen LogP contribution in [0.4, 0.5) is 0 Å². The molecule has 0 saturated heterocycles. The number of ether oxygens (including phenoxy) is 1. The lowest BCUT2D eigenvalue weighted by Crippen LogP contribution is -2.47. The first kappa shape index (κ1) is 22.1. The summed E-state index contributed by atoms with van der Waals surface area (Å²) in [5, 5.41) is 6.06. The molecule has 0 bridgehead atoms. The smallest absolute Gasteiger partial charge is 0.253 e. The fourth-order valence-corrected chi connectivity index (χ4v) is 3.37. The van der Waals surface area contributed by atoms with Crippen molar-refractivity contribution in [2.75, 3.05) is 19.1 Å². The molecule has 2 rings (SSSR count). The third-order valence-electron chi connectivity index (χ3n) is 4.29. The van der Waals surface area contributed by atoms with Crippen LogP contribution < -0.4 is 15.4 Å². The predicted molar refractivity (Wildman–Crippen MR) is 115 cm³/mol. The molecule has 0 radical (unpaired) electrons. The van der Waals surface area contributed by atoms with Gasteiger partial charge in [0.25, 0.3) is 5.91 Å². The summed E-state index contributed by atoms with van der Waals surface area (Å²) >= 11 is 7.71. The number of thioether (sulfide) groups is 1. The van der Waals surface area contributed by atoms with Crippen molar-refractivity contribution in [3.05, 3.63) is 64.2 Å². The van der Waals surface area contributed by atoms with Gasteiger partial charge in [0.2, 0.25) is 5.91 Å². The molecule has 2 N–H and O–H groups in total. The van der Waals surface area contributed by atoms with Gasteiger partial charge in [-0.2, -0.15) is 11.8 Å². The molecule has 0 spiro atoms. The number of carbonyl (C=O) groups excluding carboxylic acids is 2. The Morgan fingerprint density at radius 2 is 1.96 bits per heavy atom. The van der Waals surface area contributed by atoms with Crippen LogP contribution in [-0.4, -0.2) is 37.0 Å². The van der Waals surface area contributed by atoms with Gasteiger partial charge in [-0.3, -0.25) is 9.59 Å². The van der Waals surface area contributed by atoms with Crippen LogP contribution in [0.1, 0.15) is 27.9 Å². The van der Waals surface area contributed by atoms with E-state index in [9.17, 15) is 9.59 Å². The fourth-order valence-electron chi connectivity index (χ4n) is 2.67. The highest BCUT2D eigenvalue weighted by atomic mass is 35.5. The second kappa shape index (κ2) is 11.0. The number of halogens is 1. The molecule has 150 valence electrons. The van der Waals surface area contributed by atoms with Crippen LogP contribution in [0.3, 0.4) is 0 Å². The van der Waals surface area contributed by atoms with Crippen molar-refractivity contribution < 1.29 is 14.3 Å². The first-order chi connectivity index (χ1) is 13.5. The third kappa shape index (κ3) is 6.17. The summed E-state index contributed by atoms with van der Waals surface area (Å²) in [5.74, 6) is 0.940. The normalized spacial score (nSPS) is 11.6. The molecular weight excluding hydrogens is 396 g/mol. The van der Waals surface area contributed by atoms with Gasteiger partial charge in [0.05, 0.1) is 17.7 Å². The average Bonchev–Trinajstić information content (AvgIpc) is 2.70. The Morgan fingerprint density at radius 1 is 1.21 bits per heavy atom. The maximum atomic E-state index is 12.7. The molecule has 1 atom stereocenters. The lowest BCUT2D eigenvalue weighted by molar-refractivity contribution is -0.123. The van der Waals surface area contributed by atoms with Gasteiger partial charge in [0.15, 0.2) is 0 Å². The number of rotatable bonds is 9. The van der Waals surface area contributed by atoms with Crippen molar-refractivity contribution in [3.63, 3.8) is 0 Å². The highest BCUT2D eigenvalue weighted by molar-refractivity contribution is 7.98. The SMILES string of the molecule is COc1cc(CNC(=O)C(CCSC)NC(=O)c2ccccc2Cl)ccc1C. The molecule has 0 aromatic heterocycles. The quantitative estimate of drug-likeness (QED) is 0.647. The number of hydrogen-bond donors (Lipinski definition) is 2. The Labute approximate surface area is 175 Å². The molecule has 0 aliphatic carbocycles. The van der Waals surface area contributed by atoms with E-state index in [0.717, 1.165) is 22.6 Å². The van der Waals surface area contributed by atoms with E-state index in [1.165, 1.54) is 0 Å². The number of amides is 2. The summed E-state index contributed by atoms with van der Waals surface area (Å²) in [5.41, 5.74) is 2.31. The average molecular weight is 421 g/mol. The van der Waals surface area contributed by atoms with Crippen molar-refractivity contribution in [3.8, 4) is 5.75 Å². The molecule has 2 amide bonds. The van der Waals surface area contributed by atoms with Gasteiger partial charge in [-0.15, -0.1) is 0 Å². The molecule has 5 nitrogen and oxygen atoms in total. The lowest BCUT2D eigenvalue weighted by Gasteiger charge is -2.19. The Balaban J connectivity index is 2.04. The van der Waals surface area contributed by atoms with E-state index < -0.39 is 6.04 Å². The molecule has 1 unspecified atom stereocenters. The summed E-state index contributed by atoms with van der Waals surface area (Å²) in [4.78, 5) is 25.2. The van der Waals surface area contributed by atoms with Crippen molar-refractivity contribution in [2.24, 2.45) is 0 Å². The van der Waals surface area contributed by atoms with E-state index >= 15 is 0 Å². The maximum absolute atomic E-state index is 12.7. The maximum Gasteiger partial charge on any atom is 0.253 e. The summed E-state index contributed by atoms with van der Waals surface area (Å²) in [6.07, 6.45) is 2.49. The van der Waals surface area contributed by atoms with Crippen LogP contribution >= 0.6 is 23.4 Å². The summed E-state index contributed by atoms with van der Waals surface area (Å²) in [7, 11) is 1.62. The first-order valence-electron chi connectivity index (χ1n) is 8.91. The van der Waals surface area contributed by atoms with E-state index in [-0.39, 0.29) is 11.8 Å². The van der Waals surface area contributed by atoms with Gasteiger partial charge in [-0.25, -0.2) is 0 Å². The number of carbonyl (C=O) groups is 2. The molecule has 0 heterocycles. The minimum atomic E-state index is -0.636. The Morgan fingerprint density at radius 3 is 2.64 bits per heavy atom. The van der Waals surface area contributed by atoms with Crippen molar-refractivity contribution >= 4 is 35.2 Å². The van der Waals surface area contributed by atoms with E-state index in [1.54, 1.807) is 43.1 Å². The second-order valence-electron chi connectivity index (χ2n) is 6.31. The predicted octanol–water partition coefficient (Wildman–Crippen LogP) is 3.82. The Hall–Kier alpha value is -2.18. The van der Waals surface area contributed by atoms with Crippen LogP contribution in [0.2, 0.25) is 5.02 Å². The Bertz CT molecular complexity index is 829. The number of nitrogens with one attached hydrogen (secondary N) is 2. The van der Waals surface area contributed by atoms with E-state index in [2.05, 4.69) is 10.6 Å². The fraction of sp³-hybridized carbons (Fsp3) is 0.333. The standard InChI is InChI=1S/C21H25ClN2O3S/c1-14-8-9-15(12-19(14)27-2)13-23-21(26)18(10-11-28-3)24-20(25)16-6-4-5-7-17(16)22/h4-9,12,18H,10-11,13H2,1-3H3,(H,23,26)(H,24,25). The monoisotopic (exact) mass is 420 g/mol. The molecule has 28 heavy (non-hydrogen) atoms. The zero-order chi connectivity index (χ0) is 20.5. The molecule has 0 aliphatic heterocycles. The molecule has 2 aromatic rings. The van der Waals surface area contributed by atoms with Crippen LogP contribution in [0.5, 0.6) is 5.75 Å². The van der Waals surface area contributed by atoms with Crippen LogP contribution in [0, 0.1) is 6.92 Å². The third-order valence-corrected chi connectivity index (χ3v) is 5.26. The van der Waals surface area contributed by atoms with E-state index in [4.69, 9.17) is 16.3 Å². The highest BCUT2D eigenvalue weighted by Crippen LogP contribution is 2.19. The van der Waals surface area contributed by atoms with Gasteiger partial charge >= 0.3 is 0 Å². The van der Waals surface area contributed by atoms with Crippen LogP contribution in [-0.2, 0) is 11.3 Å². The van der Waals surface area contributed by atoms with Gasteiger partial charge < -0.3 is 15.4 Å². The molecule has 0 fully saturated rings. The van der Waals surface area contributed by atoms with E-state index in [1.807, 2.05) is 31.4 Å². The number of methoxy groups -OCH3 is 1. The van der Waals surface area contributed by atoms with Crippen molar-refractivity contribution in [1.29, 1.82) is 0 Å². The van der Waals surface area contributed by atoms with Crippen LogP contribution in [0.25, 0.3) is 0 Å². The zero-order valence-electron chi connectivity index (χ0n) is 16.3. The Kier molecular flexibility index (Phi) is 8.67. The number of hydrogen-bond acceptors (Lipinski definition) is 4. The molecule has 7 heteroatoms. The van der Waals surface area contributed by atoms with Gasteiger partial charge in [-0.05, 0) is 54.7 Å². The van der Waals surface area contributed by atoms with Crippen LogP contribution in [0.15, 0.2) is 42.5 Å². The van der Waals surface area contributed by atoms with Crippen molar-refractivity contribution in [1.82, 2.24) is 10.6 Å². The summed E-state index contributed by atoms with van der Waals surface area (Å²) < 4.78 is 5.32. The first-order valence-corrected chi connectivity index (χ1v) is 10.7. The van der Waals surface area contributed by atoms with Gasteiger partial charge in [0.1, 0.15) is 11.8 Å². The zero-order valence-corrected chi connectivity index (χ0v) is 17.8. The molecular formula is C21H25ClN2O3S. The second-order valence-corrected chi connectivity index (χ2v) is 7.70. The molecule has 0 saturated carbocycles. The number of benzene rings is 2. The van der Waals surface area contributed by atoms with Gasteiger partial charge in [-0.1, -0.05) is 35.9 Å². The van der Waals surface area contributed by atoms with Gasteiger partial charge in [0, 0.05) is 6.54 Å².